The maximum atomic E-state index is 10.9. The number of nitrogens with two attached hydrogens (primary N) is 1. The lowest BCUT2D eigenvalue weighted by atomic mass is 10.2. The normalized spacial score (nSPS) is 15.1. The average Bonchev–Trinajstić information content (AvgIpc) is 2.82. The van der Waals surface area contributed by atoms with Gasteiger partial charge < -0.3 is 5.73 Å². The van der Waals surface area contributed by atoms with Crippen molar-refractivity contribution >= 4 is 23.5 Å². The van der Waals surface area contributed by atoms with Crippen LogP contribution >= 0.6 is 0 Å². The summed E-state index contributed by atoms with van der Waals surface area (Å²) in [5.74, 6) is -0.626. The first-order chi connectivity index (χ1) is 7.25. The molecule has 0 bridgehead atoms. The number of aliphatic imine (C=N–C) groups is 1. The van der Waals surface area contributed by atoms with Crippen LogP contribution in [0, 0.1) is 0 Å². The van der Waals surface area contributed by atoms with Gasteiger partial charge in [-0.05, 0) is 6.08 Å². The number of hydrogen-bond donors (Lipinski definition) is 1. The molecule has 0 saturated carbocycles. The molecule has 3 heterocycles. The summed E-state index contributed by atoms with van der Waals surface area (Å²) in [4.78, 5) is 27.0. The number of carbonyl (C=O) groups is 1. The Hall–Kier alpha value is -2.37. The van der Waals surface area contributed by atoms with E-state index >= 15 is 0 Å². The summed E-state index contributed by atoms with van der Waals surface area (Å²) in [6.07, 6.45) is 4.95. The van der Waals surface area contributed by atoms with Crippen molar-refractivity contribution in [3.05, 3.63) is 28.8 Å². The van der Waals surface area contributed by atoms with Gasteiger partial charge in [-0.15, -0.1) is 0 Å². The van der Waals surface area contributed by atoms with E-state index in [0.29, 0.717) is 16.5 Å². The van der Waals surface area contributed by atoms with Gasteiger partial charge in [0.25, 0.3) is 5.91 Å². The number of fused-ring (bicyclic) bond motifs is 3. The molecule has 0 radical (unpaired) electrons. The van der Waals surface area contributed by atoms with Gasteiger partial charge in [0.15, 0.2) is 5.49 Å². The molecule has 1 aromatic rings. The quantitative estimate of drug-likeness (QED) is 0.617. The molecule has 1 aromatic heterocycles. The minimum atomic E-state index is -0.640. The third-order valence-corrected chi connectivity index (χ3v) is 2.15. The molecule has 0 aromatic carbocycles. The zero-order chi connectivity index (χ0) is 10.4. The molecule has 0 spiro atoms. The maximum absolute atomic E-state index is 10.9. The van der Waals surface area contributed by atoms with E-state index in [1.165, 1.54) is 6.20 Å². The summed E-state index contributed by atoms with van der Waals surface area (Å²) < 4.78 is 0. The van der Waals surface area contributed by atoms with Crippen LogP contribution in [0.1, 0.15) is 5.56 Å². The Morgan fingerprint density at radius 3 is 3.00 bits per heavy atom. The van der Waals surface area contributed by atoms with E-state index in [4.69, 9.17) is 5.73 Å². The topological polar surface area (TPSA) is 93.1 Å². The Morgan fingerprint density at radius 2 is 2.20 bits per heavy atom. The third kappa shape index (κ3) is 1.01. The highest BCUT2D eigenvalue weighted by Crippen LogP contribution is 2.17. The van der Waals surface area contributed by atoms with Crippen LogP contribution in [-0.4, -0.2) is 16.7 Å². The third-order valence-electron chi connectivity index (χ3n) is 2.15. The minimum absolute atomic E-state index is 0.0144. The summed E-state index contributed by atoms with van der Waals surface area (Å²) in [5, 5.41) is 0.560. The second-order valence-electron chi connectivity index (χ2n) is 3.09. The molecule has 2 aliphatic heterocycles. The highest BCUT2D eigenvalue weighted by molar-refractivity contribution is 6.38. The van der Waals surface area contributed by atoms with E-state index in [0.717, 1.165) is 5.56 Å². The SMILES string of the molecule is NC(=O)C1=Nc2c3c(ncc2=N1)=NC=C3. The second-order valence-corrected chi connectivity index (χ2v) is 3.09. The number of pyridine rings is 1. The zero-order valence-electron chi connectivity index (χ0n) is 7.51. The fourth-order valence-electron chi connectivity index (χ4n) is 1.49. The molecule has 6 nitrogen and oxygen atoms in total. The first-order valence-corrected chi connectivity index (χ1v) is 4.26. The minimum Gasteiger partial charge on any atom is -0.363 e. The predicted molar refractivity (Wildman–Crippen MR) is 51.9 cm³/mol. The van der Waals surface area contributed by atoms with Crippen LogP contribution in [0.5, 0.6) is 0 Å². The van der Waals surface area contributed by atoms with Crippen molar-refractivity contribution in [2.75, 3.05) is 0 Å². The van der Waals surface area contributed by atoms with Gasteiger partial charge in [0.05, 0.1) is 6.20 Å². The molecule has 15 heavy (non-hydrogen) atoms. The number of carbonyl (C=O) groups excluding carboxylic acids is 1. The molecule has 0 unspecified atom stereocenters. The van der Waals surface area contributed by atoms with E-state index in [-0.39, 0.29) is 5.84 Å². The fraction of sp³-hybridized carbons (Fsp3) is 0. The number of hydrogen-bond acceptors (Lipinski definition) is 5. The second kappa shape index (κ2) is 2.57. The number of nitrogens with zero attached hydrogens (tertiary/aromatic N) is 4. The van der Waals surface area contributed by atoms with Gasteiger partial charge in [-0.2, -0.15) is 0 Å². The molecule has 0 aliphatic carbocycles. The van der Waals surface area contributed by atoms with Crippen LogP contribution in [0.2, 0.25) is 0 Å². The van der Waals surface area contributed by atoms with Crippen molar-refractivity contribution in [1.82, 2.24) is 4.98 Å². The van der Waals surface area contributed by atoms with Gasteiger partial charge in [-0.1, -0.05) is 0 Å². The monoisotopic (exact) mass is 199 g/mol. The van der Waals surface area contributed by atoms with Crippen molar-refractivity contribution < 1.29 is 4.79 Å². The molecule has 6 heteroatoms. The van der Waals surface area contributed by atoms with Crippen LogP contribution in [-0.2, 0) is 4.79 Å². The van der Waals surface area contributed by atoms with Crippen molar-refractivity contribution in [1.29, 1.82) is 0 Å². The van der Waals surface area contributed by atoms with Crippen molar-refractivity contribution in [2.24, 2.45) is 20.7 Å². The molecule has 0 fully saturated rings. The number of amidine groups is 1. The van der Waals surface area contributed by atoms with Gasteiger partial charge in [-0.3, -0.25) is 4.79 Å². The molecule has 0 atom stereocenters. The van der Waals surface area contributed by atoms with Gasteiger partial charge in [0, 0.05) is 11.8 Å². The van der Waals surface area contributed by atoms with Gasteiger partial charge in [0.1, 0.15) is 11.0 Å². The lowest BCUT2D eigenvalue weighted by Gasteiger charge is -1.92. The Balaban J connectivity index is 2.34. The zero-order valence-corrected chi connectivity index (χ0v) is 7.51. The average molecular weight is 199 g/mol. The molecule has 2 N–H and O–H groups in total. The Morgan fingerprint density at radius 1 is 1.33 bits per heavy atom. The summed E-state index contributed by atoms with van der Waals surface area (Å²) in [7, 11) is 0. The Kier molecular flexibility index (Phi) is 1.37. The summed E-state index contributed by atoms with van der Waals surface area (Å²) in [6, 6.07) is 0. The molecule has 0 saturated heterocycles. The largest absolute Gasteiger partial charge is 0.363 e. The van der Waals surface area contributed by atoms with Crippen LogP contribution < -0.4 is 16.6 Å². The lowest BCUT2D eigenvalue weighted by Crippen LogP contribution is -2.21. The van der Waals surface area contributed by atoms with Crippen LogP contribution in [0.25, 0.3) is 6.08 Å². The standard InChI is InChI=1S/C9H5N5O/c10-7(15)9-13-5-3-12-8-4(1-2-11-8)6(5)14-9/h1-3H,(H2,10,15). The number of rotatable bonds is 1. The molecule has 72 valence electrons. The van der Waals surface area contributed by atoms with Gasteiger partial charge in [-0.25, -0.2) is 20.0 Å². The van der Waals surface area contributed by atoms with E-state index < -0.39 is 5.91 Å². The summed E-state index contributed by atoms with van der Waals surface area (Å²) >= 11 is 0. The first kappa shape index (κ1) is 7.98. The van der Waals surface area contributed by atoms with Crippen molar-refractivity contribution in [3.63, 3.8) is 0 Å². The Labute approximate surface area is 83.6 Å². The highest BCUT2D eigenvalue weighted by atomic mass is 16.1. The van der Waals surface area contributed by atoms with Crippen LogP contribution in [0.3, 0.4) is 0 Å². The molecular weight excluding hydrogens is 194 g/mol. The van der Waals surface area contributed by atoms with E-state index in [1.54, 1.807) is 12.3 Å². The number of primary amides is 1. The van der Waals surface area contributed by atoms with E-state index in [1.807, 2.05) is 0 Å². The summed E-state index contributed by atoms with van der Waals surface area (Å²) in [6.45, 7) is 0. The molecule has 3 rings (SSSR count). The van der Waals surface area contributed by atoms with Crippen molar-refractivity contribution in [3.8, 4) is 0 Å². The lowest BCUT2D eigenvalue weighted by molar-refractivity contribution is -0.112. The maximum Gasteiger partial charge on any atom is 0.286 e. The molecule has 2 aliphatic rings. The van der Waals surface area contributed by atoms with Crippen molar-refractivity contribution in [2.45, 2.75) is 0 Å². The number of amides is 1. The smallest absolute Gasteiger partial charge is 0.286 e. The molecule has 1 amide bonds. The summed E-state index contributed by atoms with van der Waals surface area (Å²) in [5.41, 5.74) is 7.09. The number of aromatic nitrogens is 1. The first-order valence-electron chi connectivity index (χ1n) is 4.26. The highest BCUT2D eigenvalue weighted by Gasteiger charge is 2.17. The van der Waals surface area contributed by atoms with E-state index in [9.17, 15) is 4.79 Å². The fourth-order valence-corrected chi connectivity index (χ4v) is 1.49. The Bertz CT molecular complexity index is 656. The van der Waals surface area contributed by atoms with Crippen LogP contribution in [0.15, 0.2) is 27.4 Å². The molecular formula is C9H5N5O. The predicted octanol–water partition coefficient (Wildman–Crippen LogP) is -1.17. The van der Waals surface area contributed by atoms with Crippen LogP contribution in [0.4, 0.5) is 5.69 Å². The van der Waals surface area contributed by atoms with Gasteiger partial charge >= 0.3 is 0 Å². The van der Waals surface area contributed by atoms with E-state index in [2.05, 4.69) is 20.0 Å². The van der Waals surface area contributed by atoms with Gasteiger partial charge in [0.2, 0.25) is 5.84 Å².